The van der Waals surface area contributed by atoms with Crippen LogP contribution in [-0.2, 0) is 4.79 Å². The van der Waals surface area contributed by atoms with Gasteiger partial charge in [0.05, 0.1) is 18.8 Å². The van der Waals surface area contributed by atoms with Crippen molar-refractivity contribution in [1.29, 1.82) is 0 Å². The van der Waals surface area contributed by atoms with E-state index in [-0.39, 0.29) is 12.5 Å². The smallest absolute Gasteiger partial charge is 0.220 e. The first kappa shape index (κ1) is 34.4. The van der Waals surface area contributed by atoms with Gasteiger partial charge in [-0.3, -0.25) is 4.79 Å². The molecule has 0 aromatic carbocycles. The minimum absolute atomic E-state index is 0.147. The summed E-state index contributed by atoms with van der Waals surface area (Å²) < 4.78 is 0. The summed E-state index contributed by atoms with van der Waals surface area (Å²) in [5, 5.41) is 22.6. The molecule has 0 aromatic rings. The Balaban J connectivity index is 3.87. The topological polar surface area (TPSA) is 69.6 Å². The van der Waals surface area contributed by atoms with E-state index in [0.717, 1.165) is 32.1 Å². The van der Waals surface area contributed by atoms with Crippen LogP contribution in [0.3, 0.4) is 0 Å². The van der Waals surface area contributed by atoms with Crippen molar-refractivity contribution >= 4 is 5.91 Å². The highest BCUT2D eigenvalue weighted by Crippen LogP contribution is 2.08. The van der Waals surface area contributed by atoms with Gasteiger partial charge < -0.3 is 15.5 Å². The lowest BCUT2D eigenvalue weighted by Crippen LogP contribution is -2.45. The van der Waals surface area contributed by atoms with E-state index in [2.05, 4.69) is 49.5 Å². The van der Waals surface area contributed by atoms with Crippen molar-refractivity contribution in [3.05, 3.63) is 48.6 Å². The molecule has 0 aromatic heterocycles. The average Bonchev–Trinajstić information content (AvgIpc) is 2.88. The number of carbonyl (C=O) groups is 1. The maximum Gasteiger partial charge on any atom is 0.220 e. The number of aliphatic hydroxyl groups excluding tert-OH is 2. The number of nitrogens with one attached hydrogen (secondary N) is 1. The molecular weight excluding hydrogens is 446 g/mol. The van der Waals surface area contributed by atoms with Crippen LogP contribution >= 0.6 is 0 Å². The molecule has 0 saturated heterocycles. The maximum absolute atomic E-state index is 12.2. The number of hydrogen-bond donors (Lipinski definition) is 3. The number of carbonyl (C=O) groups excluding carboxylic acids is 1. The van der Waals surface area contributed by atoms with Crippen molar-refractivity contribution in [2.24, 2.45) is 0 Å². The Morgan fingerprint density at radius 1 is 0.667 bits per heavy atom. The van der Waals surface area contributed by atoms with Gasteiger partial charge in [-0.15, -0.1) is 0 Å². The van der Waals surface area contributed by atoms with E-state index in [9.17, 15) is 15.0 Å². The number of rotatable bonds is 25. The third kappa shape index (κ3) is 24.1. The van der Waals surface area contributed by atoms with Crippen molar-refractivity contribution in [1.82, 2.24) is 5.32 Å². The minimum atomic E-state index is -0.881. The molecule has 2 unspecified atom stereocenters. The summed E-state index contributed by atoms with van der Waals surface area (Å²) in [6, 6.07) is -0.665. The Morgan fingerprint density at radius 2 is 1.17 bits per heavy atom. The number of unbranched alkanes of at least 4 members (excludes halogenated alkanes) is 12. The molecule has 0 heterocycles. The molecule has 0 bridgehead atoms. The zero-order chi connectivity index (χ0) is 26.5. The summed E-state index contributed by atoms with van der Waals surface area (Å²) in [6.45, 7) is 4.20. The van der Waals surface area contributed by atoms with Crippen LogP contribution in [0, 0.1) is 0 Å². The fourth-order valence-electron chi connectivity index (χ4n) is 3.95. The first-order chi connectivity index (χ1) is 17.7. The van der Waals surface area contributed by atoms with Crippen LogP contribution in [0.2, 0.25) is 0 Å². The molecule has 0 rings (SSSR count). The van der Waals surface area contributed by atoms with Gasteiger partial charge >= 0.3 is 0 Å². The predicted molar refractivity (Wildman–Crippen MR) is 156 cm³/mol. The van der Waals surface area contributed by atoms with Crippen molar-refractivity contribution in [2.75, 3.05) is 6.61 Å². The maximum atomic E-state index is 12.2. The molecule has 0 fully saturated rings. The lowest BCUT2D eigenvalue weighted by atomic mass is 10.1. The van der Waals surface area contributed by atoms with Crippen LogP contribution in [0.4, 0.5) is 0 Å². The van der Waals surface area contributed by atoms with Crippen molar-refractivity contribution in [2.45, 2.75) is 142 Å². The highest BCUT2D eigenvalue weighted by Gasteiger charge is 2.17. The van der Waals surface area contributed by atoms with Gasteiger partial charge in [-0.05, 0) is 51.4 Å². The Hall–Kier alpha value is -1.65. The lowest BCUT2D eigenvalue weighted by molar-refractivity contribution is -0.122. The molecule has 36 heavy (non-hydrogen) atoms. The van der Waals surface area contributed by atoms with Crippen molar-refractivity contribution < 1.29 is 15.0 Å². The van der Waals surface area contributed by atoms with E-state index < -0.39 is 12.1 Å². The van der Waals surface area contributed by atoms with Gasteiger partial charge in [0.2, 0.25) is 5.91 Å². The van der Waals surface area contributed by atoms with Gasteiger partial charge in [0, 0.05) is 6.42 Å². The molecule has 0 aliphatic rings. The highest BCUT2D eigenvalue weighted by atomic mass is 16.3. The van der Waals surface area contributed by atoms with E-state index in [0.29, 0.717) is 12.8 Å². The molecule has 0 aliphatic heterocycles. The molecule has 4 nitrogen and oxygen atoms in total. The second kappa shape index (κ2) is 27.9. The molecule has 0 spiro atoms. The Kier molecular flexibility index (Phi) is 26.6. The van der Waals surface area contributed by atoms with E-state index in [1.54, 1.807) is 6.08 Å². The SMILES string of the molecule is CCCCCCC/C=C/CC/C=C/C(O)C(CO)NC(=O)CC/C=C\C/C=C\CCCCCCCC. The fraction of sp³-hybridized carbons (Fsp3) is 0.719. The zero-order valence-electron chi connectivity index (χ0n) is 23.5. The van der Waals surface area contributed by atoms with Crippen LogP contribution in [0.1, 0.15) is 129 Å². The second-order valence-electron chi connectivity index (χ2n) is 9.80. The van der Waals surface area contributed by atoms with Gasteiger partial charge in [-0.1, -0.05) is 120 Å². The standard InChI is InChI=1S/C32H57NO3/c1-3-5-7-9-11-13-15-16-18-20-22-24-26-28-32(36)33-30(29-34)31(35)27-25-23-21-19-17-14-12-10-8-6-4-2/h16-19,22,24-25,27,30-31,34-35H,3-15,20-21,23,26,28-29H2,1-2H3,(H,33,36)/b18-16-,19-17+,24-22-,27-25+. The number of allylic oxidation sites excluding steroid dienone is 7. The van der Waals surface area contributed by atoms with Gasteiger partial charge in [0.25, 0.3) is 0 Å². The number of aliphatic hydroxyl groups is 2. The Labute approximate surface area is 223 Å². The van der Waals surface area contributed by atoms with Gasteiger partial charge in [-0.25, -0.2) is 0 Å². The molecule has 0 radical (unpaired) electrons. The van der Waals surface area contributed by atoms with Gasteiger partial charge in [0.1, 0.15) is 0 Å². The van der Waals surface area contributed by atoms with Gasteiger partial charge in [0.15, 0.2) is 0 Å². The lowest BCUT2D eigenvalue weighted by Gasteiger charge is -2.19. The van der Waals surface area contributed by atoms with E-state index in [1.165, 1.54) is 70.6 Å². The minimum Gasteiger partial charge on any atom is -0.394 e. The predicted octanol–water partition coefficient (Wildman–Crippen LogP) is 8.11. The molecule has 0 saturated carbocycles. The van der Waals surface area contributed by atoms with E-state index >= 15 is 0 Å². The molecule has 1 amide bonds. The fourth-order valence-corrected chi connectivity index (χ4v) is 3.95. The second-order valence-corrected chi connectivity index (χ2v) is 9.80. The van der Waals surface area contributed by atoms with Crippen LogP contribution in [0.15, 0.2) is 48.6 Å². The Morgan fingerprint density at radius 3 is 1.78 bits per heavy atom. The first-order valence-corrected chi connectivity index (χ1v) is 14.9. The zero-order valence-corrected chi connectivity index (χ0v) is 23.5. The van der Waals surface area contributed by atoms with Crippen LogP contribution in [-0.4, -0.2) is 34.9 Å². The summed E-state index contributed by atoms with van der Waals surface area (Å²) in [4.78, 5) is 12.2. The summed E-state index contributed by atoms with van der Waals surface area (Å²) in [7, 11) is 0. The summed E-state index contributed by atoms with van der Waals surface area (Å²) in [5.41, 5.74) is 0. The molecule has 0 aliphatic carbocycles. The number of amides is 1. The van der Waals surface area contributed by atoms with Crippen LogP contribution in [0.25, 0.3) is 0 Å². The average molecular weight is 504 g/mol. The third-order valence-electron chi connectivity index (χ3n) is 6.30. The quantitative estimate of drug-likeness (QED) is 0.0870. The summed E-state index contributed by atoms with van der Waals surface area (Å²) >= 11 is 0. The monoisotopic (exact) mass is 503 g/mol. The molecule has 4 heteroatoms. The summed E-state index contributed by atoms with van der Waals surface area (Å²) in [5.74, 6) is -0.147. The summed E-state index contributed by atoms with van der Waals surface area (Å²) in [6.07, 6.45) is 36.2. The van der Waals surface area contributed by atoms with Crippen molar-refractivity contribution in [3.8, 4) is 0 Å². The van der Waals surface area contributed by atoms with Crippen molar-refractivity contribution in [3.63, 3.8) is 0 Å². The van der Waals surface area contributed by atoms with E-state index in [4.69, 9.17) is 0 Å². The first-order valence-electron chi connectivity index (χ1n) is 14.9. The van der Waals surface area contributed by atoms with Crippen LogP contribution < -0.4 is 5.32 Å². The normalized spacial score (nSPS) is 14.0. The largest absolute Gasteiger partial charge is 0.394 e. The highest BCUT2D eigenvalue weighted by molar-refractivity contribution is 5.76. The molecule has 3 N–H and O–H groups in total. The number of hydrogen-bond acceptors (Lipinski definition) is 3. The van der Waals surface area contributed by atoms with Gasteiger partial charge in [-0.2, -0.15) is 0 Å². The Bertz CT molecular complexity index is 594. The molecule has 2 atom stereocenters. The molecular formula is C32H57NO3. The van der Waals surface area contributed by atoms with Crippen LogP contribution in [0.5, 0.6) is 0 Å². The third-order valence-corrected chi connectivity index (χ3v) is 6.30. The van der Waals surface area contributed by atoms with E-state index in [1.807, 2.05) is 12.2 Å². The molecule has 208 valence electrons.